The quantitative estimate of drug-likeness (QED) is 0.0373. The van der Waals surface area contributed by atoms with E-state index < -0.39 is 6.10 Å². The Balaban J connectivity index is 3.64. The van der Waals surface area contributed by atoms with Crippen LogP contribution in [0.3, 0.4) is 0 Å². The number of hydrogen-bond acceptors (Lipinski definition) is 5. The van der Waals surface area contributed by atoms with Crippen LogP contribution < -0.4 is 0 Å². The van der Waals surface area contributed by atoms with Gasteiger partial charge < -0.3 is 14.6 Å². The van der Waals surface area contributed by atoms with Crippen molar-refractivity contribution in [1.82, 2.24) is 0 Å². The van der Waals surface area contributed by atoms with Gasteiger partial charge in [0.2, 0.25) is 0 Å². The second kappa shape index (κ2) is 65.1. The smallest absolute Gasteiger partial charge is 0.306 e. The van der Waals surface area contributed by atoms with Crippen LogP contribution in [0.25, 0.3) is 0 Å². The van der Waals surface area contributed by atoms with E-state index in [1.807, 2.05) is 0 Å². The fourth-order valence-corrected chi connectivity index (χ4v) is 8.48. The van der Waals surface area contributed by atoms with Crippen LogP contribution in [0.4, 0.5) is 0 Å². The van der Waals surface area contributed by atoms with Crippen LogP contribution in [-0.2, 0) is 19.1 Å². The van der Waals surface area contributed by atoms with Gasteiger partial charge in [-0.05, 0) is 103 Å². The number of allylic oxidation sites excluding steroid dienone is 24. The van der Waals surface area contributed by atoms with Crippen LogP contribution in [-0.4, -0.2) is 36.4 Å². The lowest BCUT2D eigenvalue weighted by Crippen LogP contribution is -2.28. The van der Waals surface area contributed by atoms with Crippen LogP contribution in [0, 0.1) is 0 Å². The molecule has 0 bridgehead atoms. The van der Waals surface area contributed by atoms with Gasteiger partial charge in [0.05, 0.1) is 6.61 Å². The van der Waals surface area contributed by atoms with E-state index in [9.17, 15) is 14.7 Å². The summed E-state index contributed by atoms with van der Waals surface area (Å²) in [6, 6.07) is 0. The van der Waals surface area contributed by atoms with E-state index in [2.05, 4.69) is 160 Å². The Morgan fingerprint density at radius 3 is 0.855 bits per heavy atom. The first-order chi connectivity index (χ1) is 37.6. The molecular formula is C71H116O5. The highest BCUT2D eigenvalue weighted by molar-refractivity contribution is 5.70. The molecule has 0 heterocycles. The van der Waals surface area contributed by atoms with Crippen molar-refractivity contribution >= 4 is 11.9 Å². The Hall–Kier alpha value is -4.22. The van der Waals surface area contributed by atoms with Gasteiger partial charge in [-0.3, -0.25) is 9.59 Å². The minimum Gasteiger partial charge on any atom is -0.462 e. The van der Waals surface area contributed by atoms with Crippen LogP contribution >= 0.6 is 0 Å². The molecule has 1 N–H and O–H groups in total. The number of rotatable bonds is 56. The Bertz CT molecular complexity index is 1610. The molecule has 0 fully saturated rings. The summed E-state index contributed by atoms with van der Waals surface area (Å²) in [6.07, 6.45) is 98.3. The zero-order valence-corrected chi connectivity index (χ0v) is 49.2. The third-order valence-corrected chi connectivity index (χ3v) is 13.1. The van der Waals surface area contributed by atoms with E-state index in [1.54, 1.807) is 0 Å². The minimum absolute atomic E-state index is 0.0814. The molecule has 0 aromatic heterocycles. The zero-order valence-electron chi connectivity index (χ0n) is 49.2. The van der Waals surface area contributed by atoms with E-state index in [4.69, 9.17) is 9.47 Å². The monoisotopic (exact) mass is 1050 g/mol. The maximum absolute atomic E-state index is 12.3. The highest BCUT2D eigenvalue weighted by Gasteiger charge is 2.16. The van der Waals surface area contributed by atoms with Crippen molar-refractivity contribution in [3.05, 3.63) is 146 Å². The molecule has 0 radical (unpaired) electrons. The molecule has 0 aromatic carbocycles. The lowest BCUT2D eigenvalue weighted by molar-refractivity contribution is -0.161. The molecule has 0 aliphatic heterocycles. The average Bonchev–Trinajstić information content (AvgIpc) is 3.42. The van der Waals surface area contributed by atoms with E-state index in [-0.39, 0.29) is 25.2 Å². The second-order valence-corrected chi connectivity index (χ2v) is 20.4. The average molecular weight is 1050 g/mol. The fourth-order valence-electron chi connectivity index (χ4n) is 8.48. The van der Waals surface area contributed by atoms with Crippen molar-refractivity contribution in [1.29, 1.82) is 0 Å². The summed E-state index contributed by atoms with van der Waals surface area (Å²) in [6.45, 7) is 4.02. The third kappa shape index (κ3) is 62.3. The normalized spacial score (nSPS) is 13.2. The molecule has 1 atom stereocenters. The van der Waals surface area contributed by atoms with Gasteiger partial charge in [0.25, 0.3) is 0 Å². The molecule has 0 saturated carbocycles. The number of aliphatic hydroxyl groups excluding tert-OH is 1. The molecule has 0 rings (SSSR count). The number of ether oxygens (including phenoxy) is 2. The van der Waals surface area contributed by atoms with Gasteiger partial charge >= 0.3 is 11.9 Å². The number of esters is 2. The molecule has 0 aromatic rings. The van der Waals surface area contributed by atoms with Gasteiger partial charge in [-0.15, -0.1) is 0 Å². The second-order valence-electron chi connectivity index (χ2n) is 20.4. The van der Waals surface area contributed by atoms with E-state index in [1.165, 1.54) is 116 Å². The molecule has 1 unspecified atom stereocenters. The lowest BCUT2D eigenvalue weighted by Gasteiger charge is -2.15. The Morgan fingerprint density at radius 2 is 0.566 bits per heavy atom. The highest BCUT2D eigenvalue weighted by Crippen LogP contribution is 2.16. The number of hydrogen-bond donors (Lipinski definition) is 1. The van der Waals surface area contributed by atoms with Crippen LogP contribution in [0.2, 0.25) is 0 Å². The first-order valence-electron chi connectivity index (χ1n) is 31.4. The number of aliphatic hydroxyl groups is 1. The topological polar surface area (TPSA) is 72.8 Å². The van der Waals surface area contributed by atoms with Gasteiger partial charge in [0.1, 0.15) is 6.61 Å². The summed E-state index contributed by atoms with van der Waals surface area (Å²) in [5.74, 6) is -0.620. The Morgan fingerprint density at radius 1 is 0.316 bits per heavy atom. The minimum atomic E-state index is -0.795. The summed E-state index contributed by atoms with van der Waals surface area (Å²) >= 11 is 0. The van der Waals surface area contributed by atoms with Gasteiger partial charge in [-0.25, -0.2) is 0 Å². The SMILES string of the molecule is CC/C=C\C/C=C\C/C=C\C/C=C\C/C=C\C/C=C\C/C=C\C/C=C\C/C=C\C/C=C\C/C=C\C/C=C\CCCCCCC(=O)OC(CO)COC(=O)CCCCCCCCCCCCCCCCCCCCCCC. The Labute approximate surface area is 469 Å². The first-order valence-corrected chi connectivity index (χ1v) is 31.4. The predicted octanol–water partition coefficient (Wildman–Crippen LogP) is 21.8. The van der Waals surface area contributed by atoms with Crippen molar-refractivity contribution in [3.8, 4) is 0 Å². The Kier molecular flexibility index (Phi) is 61.5. The van der Waals surface area contributed by atoms with Gasteiger partial charge in [0, 0.05) is 12.8 Å². The number of carbonyl (C=O) groups is 2. The van der Waals surface area contributed by atoms with Crippen LogP contribution in [0.5, 0.6) is 0 Å². The number of carbonyl (C=O) groups excluding carboxylic acids is 2. The summed E-state index contributed by atoms with van der Waals surface area (Å²) < 4.78 is 10.7. The van der Waals surface area contributed by atoms with Crippen LogP contribution in [0.1, 0.15) is 271 Å². The van der Waals surface area contributed by atoms with Crippen molar-refractivity contribution in [2.24, 2.45) is 0 Å². The molecule has 0 spiro atoms. The van der Waals surface area contributed by atoms with Gasteiger partial charge in [0.15, 0.2) is 6.10 Å². The molecule has 5 heteroatoms. The molecule has 5 nitrogen and oxygen atoms in total. The highest BCUT2D eigenvalue weighted by atomic mass is 16.6. The zero-order chi connectivity index (χ0) is 54.8. The standard InChI is InChI=1S/C71H116O5/c1-3-5-7-9-11-13-15-17-19-21-23-25-26-27-28-29-30-31-32-33-34-35-36-37-38-39-40-41-42-43-44-46-48-50-52-54-56-58-60-62-64-66-71(74)76-69(67-72)68-75-70(73)65-63-61-59-57-55-53-51-49-47-45-24-22-20-18-16-14-12-10-8-6-4-2/h5,7,11,13,17,19,23,25,27-28,30-31,33-34,36-37,39-40,42-43,46,48,52,54,69,72H,3-4,6,8-10,12,14-16,18,20-22,24,26,29,32,35,38,41,44-45,47,49-51,53,55-68H2,1-2H3/b7-5-,13-11-,19-17-,25-23-,28-27-,31-30-,34-33-,37-36-,40-39-,43-42-,48-46-,54-52-. The number of unbranched alkanes of at least 4 members (excludes halogenated alkanes) is 24. The van der Waals surface area contributed by atoms with E-state index in [0.717, 1.165) is 128 Å². The van der Waals surface area contributed by atoms with Crippen molar-refractivity contribution in [2.75, 3.05) is 13.2 Å². The molecule has 0 aliphatic carbocycles. The molecule has 0 aliphatic rings. The lowest BCUT2D eigenvalue weighted by atomic mass is 10.0. The van der Waals surface area contributed by atoms with Crippen molar-refractivity contribution in [2.45, 2.75) is 277 Å². The maximum Gasteiger partial charge on any atom is 0.306 e. The summed E-state index contributed by atoms with van der Waals surface area (Å²) in [4.78, 5) is 24.6. The predicted molar refractivity (Wildman–Crippen MR) is 334 cm³/mol. The molecule has 430 valence electrons. The maximum atomic E-state index is 12.3. The molecule has 76 heavy (non-hydrogen) atoms. The van der Waals surface area contributed by atoms with Crippen molar-refractivity contribution in [3.63, 3.8) is 0 Å². The van der Waals surface area contributed by atoms with E-state index >= 15 is 0 Å². The van der Waals surface area contributed by atoms with Gasteiger partial charge in [-0.2, -0.15) is 0 Å². The fraction of sp³-hybridized carbons (Fsp3) is 0.634. The largest absolute Gasteiger partial charge is 0.462 e. The summed E-state index contributed by atoms with van der Waals surface area (Å²) in [7, 11) is 0. The van der Waals surface area contributed by atoms with E-state index in [0.29, 0.717) is 12.8 Å². The van der Waals surface area contributed by atoms with Gasteiger partial charge in [-0.1, -0.05) is 301 Å². The van der Waals surface area contributed by atoms with Crippen LogP contribution in [0.15, 0.2) is 146 Å². The third-order valence-electron chi connectivity index (χ3n) is 13.1. The molecule has 0 amide bonds. The molecular weight excluding hydrogens is 933 g/mol. The first kappa shape index (κ1) is 71.8. The summed E-state index contributed by atoms with van der Waals surface area (Å²) in [5, 5.41) is 9.66. The van der Waals surface area contributed by atoms with Crippen molar-refractivity contribution < 1.29 is 24.2 Å². The summed E-state index contributed by atoms with van der Waals surface area (Å²) in [5.41, 5.74) is 0. The molecule has 0 saturated heterocycles.